The maximum atomic E-state index is 10.7. The predicted octanol–water partition coefficient (Wildman–Crippen LogP) is 22.7. The smallest absolute Gasteiger partial charge is 0.164 e. The van der Waals surface area contributed by atoms with E-state index in [4.69, 9.17) is 19.9 Å². The highest BCUT2D eigenvalue weighted by molar-refractivity contribution is 6.15. The Morgan fingerprint density at radius 3 is 0.891 bits per heavy atom. The van der Waals surface area contributed by atoms with Crippen molar-refractivity contribution in [3.8, 4) is 132 Å². The summed E-state index contributed by atoms with van der Waals surface area (Å²) in [5, 5.41) is 59.5. The fraction of sp³-hybridized carbons (Fsp3) is 0. The zero-order chi connectivity index (χ0) is 73.7. The number of aromatic nitrogens is 8. The van der Waals surface area contributed by atoms with E-state index in [1.54, 1.807) is 0 Å². The van der Waals surface area contributed by atoms with Gasteiger partial charge in [0.2, 0.25) is 0 Å². The molecule has 0 atom stereocenters. The summed E-state index contributed by atoms with van der Waals surface area (Å²) in [5.41, 5.74) is 21.4. The number of hydrogen-bond donors (Lipinski definition) is 0. The molecule has 506 valence electrons. The van der Waals surface area contributed by atoms with Gasteiger partial charge in [-0.1, -0.05) is 176 Å². The first-order valence-corrected chi connectivity index (χ1v) is 35.9. The van der Waals surface area contributed by atoms with Gasteiger partial charge in [-0.2, -0.15) is 26.3 Å². The van der Waals surface area contributed by atoms with Gasteiger partial charge < -0.3 is 18.3 Å². The summed E-state index contributed by atoms with van der Waals surface area (Å²) in [5.74, 6) is 1.38. The molecule has 110 heavy (non-hydrogen) atoms. The minimum atomic E-state index is 0.417. The third kappa shape index (κ3) is 10.2. The molecule has 14 aromatic carbocycles. The number of para-hydroxylation sites is 3. The van der Waals surface area contributed by atoms with Crippen molar-refractivity contribution in [2.45, 2.75) is 0 Å². The molecular weight excluding hydrogens is 1350 g/mol. The fourth-order valence-corrected chi connectivity index (χ4v) is 16.3. The molecule has 0 aliphatic rings. The Hall–Kier alpha value is -16.1. The summed E-state index contributed by atoms with van der Waals surface area (Å²) in [6.07, 6.45) is 0. The first-order chi connectivity index (χ1) is 54.3. The SMILES string of the molecule is N#Cc1ccc2c(c1)c1ccccc1n2-c1ccc(-c2nc(-c3ccc(-n4c5ccccc5c5cc(C#N)ccc54)cc3)c(-n3c4ccc(C#N)cc4c4cc(C#N)ccc43)c(-c3ccccc3-c3nc(-c4ccccc4)nc(-c4ccccc4)n3)c2-c2ccc(-n3c4ccccc4c4cc(C#N)ccc43)cc2)cc1. The Morgan fingerprint density at radius 1 is 0.209 bits per heavy atom. The molecule has 0 amide bonds. The molecule has 20 aromatic rings. The van der Waals surface area contributed by atoms with Crippen LogP contribution in [0.2, 0.25) is 0 Å². The Labute approximate surface area is 629 Å². The van der Waals surface area contributed by atoms with Crippen molar-refractivity contribution < 1.29 is 0 Å². The maximum absolute atomic E-state index is 10.7. The summed E-state index contributed by atoms with van der Waals surface area (Å²) in [6, 6.07) is 120. The third-order valence-electron chi connectivity index (χ3n) is 21.2. The lowest BCUT2D eigenvalue weighted by atomic mass is 9.85. The van der Waals surface area contributed by atoms with Crippen molar-refractivity contribution in [3.05, 3.63) is 349 Å². The van der Waals surface area contributed by atoms with Crippen molar-refractivity contribution in [1.29, 1.82) is 26.3 Å². The summed E-state index contributed by atoms with van der Waals surface area (Å²) in [7, 11) is 0. The predicted molar refractivity (Wildman–Crippen MR) is 437 cm³/mol. The van der Waals surface area contributed by atoms with Crippen LogP contribution in [0.1, 0.15) is 27.8 Å². The largest absolute Gasteiger partial charge is 0.309 e. The van der Waals surface area contributed by atoms with Crippen LogP contribution in [0.4, 0.5) is 0 Å². The highest BCUT2D eigenvalue weighted by Gasteiger charge is 2.31. The molecule has 0 bridgehead atoms. The molecule has 0 radical (unpaired) electrons. The third-order valence-corrected chi connectivity index (χ3v) is 21.2. The Balaban J connectivity index is 0.939. The zero-order valence-corrected chi connectivity index (χ0v) is 58.4. The number of nitrogens with zero attached hydrogens (tertiary/aromatic N) is 13. The van der Waals surface area contributed by atoms with Gasteiger partial charge in [0.1, 0.15) is 0 Å². The van der Waals surface area contributed by atoms with Crippen molar-refractivity contribution >= 4 is 87.2 Å². The summed E-state index contributed by atoms with van der Waals surface area (Å²) in [6.45, 7) is 0. The zero-order valence-electron chi connectivity index (χ0n) is 58.4. The average Bonchev–Trinajstić information content (AvgIpc) is 1.39. The van der Waals surface area contributed by atoms with Gasteiger partial charge in [-0.3, -0.25) is 0 Å². The number of rotatable bonds is 11. The molecule has 0 fully saturated rings. The van der Waals surface area contributed by atoms with E-state index in [0.29, 0.717) is 67.9 Å². The highest BCUT2D eigenvalue weighted by Crippen LogP contribution is 2.52. The van der Waals surface area contributed by atoms with Crippen LogP contribution in [0, 0.1) is 56.7 Å². The van der Waals surface area contributed by atoms with Crippen LogP contribution >= 0.6 is 0 Å². The molecular formula is C97H53N13. The van der Waals surface area contributed by atoms with Gasteiger partial charge in [-0.15, -0.1) is 0 Å². The normalized spacial score (nSPS) is 11.4. The van der Waals surface area contributed by atoms with Gasteiger partial charge in [0, 0.05) is 99.1 Å². The number of pyridine rings is 1. The fourth-order valence-electron chi connectivity index (χ4n) is 16.3. The topological polar surface area (TPSA) is 190 Å². The molecule has 6 heterocycles. The van der Waals surface area contributed by atoms with E-state index in [2.05, 4.69) is 176 Å². The first kappa shape index (κ1) is 63.6. The van der Waals surface area contributed by atoms with Gasteiger partial charge in [-0.25, -0.2) is 19.9 Å². The van der Waals surface area contributed by atoms with Crippen molar-refractivity contribution in [2.24, 2.45) is 0 Å². The summed E-state index contributed by atoms with van der Waals surface area (Å²) < 4.78 is 8.99. The molecule has 13 nitrogen and oxygen atoms in total. The van der Waals surface area contributed by atoms with E-state index in [-0.39, 0.29) is 0 Å². The summed E-state index contributed by atoms with van der Waals surface area (Å²) >= 11 is 0. The van der Waals surface area contributed by atoms with Crippen LogP contribution in [-0.2, 0) is 0 Å². The van der Waals surface area contributed by atoms with E-state index >= 15 is 0 Å². The summed E-state index contributed by atoms with van der Waals surface area (Å²) in [4.78, 5) is 22.4. The molecule has 13 heteroatoms. The van der Waals surface area contributed by atoms with E-state index in [1.165, 1.54) is 0 Å². The standard InChI is InChI=1S/C97H53N13/c98-54-59-27-44-85-77(49-59)72-19-9-12-24-82(72)107(85)69-38-32-64(33-39-69)90-91(75-22-7-8-23-76(75)97-105-95(67-15-3-1-4-16-67)104-96(106-97)68-17-5-2-6-18-68)94(110-88-47-30-62(57-101)52-80(88)81-53-63(58-102)31-48-89(81)110)93(66-36-42-71(43-37-66)109-84-26-14-11-21-74(84)79-51-61(56-100)29-46-87(79)109)103-92(90)65-34-40-70(41-35-65)108-83-25-13-10-20-73(83)78-50-60(55-99)28-45-86(78)108/h1-53H. The molecule has 0 aliphatic carbocycles. The second-order valence-electron chi connectivity index (χ2n) is 27.2. The number of benzene rings is 14. The van der Waals surface area contributed by atoms with Gasteiger partial charge in [0.05, 0.1) is 119 Å². The minimum absolute atomic E-state index is 0.417. The van der Waals surface area contributed by atoms with Crippen molar-refractivity contribution in [2.75, 3.05) is 0 Å². The maximum Gasteiger partial charge on any atom is 0.164 e. The molecule has 0 unspecified atom stereocenters. The van der Waals surface area contributed by atoms with Gasteiger partial charge in [0.25, 0.3) is 0 Å². The minimum Gasteiger partial charge on any atom is -0.309 e. The van der Waals surface area contributed by atoms with Crippen LogP contribution in [0.5, 0.6) is 0 Å². The van der Waals surface area contributed by atoms with Crippen molar-refractivity contribution in [3.63, 3.8) is 0 Å². The molecule has 20 rings (SSSR count). The monoisotopic (exact) mass is 1400 g/mol. The molecule has 0 saturated heterocycles. The van der Waals surface area contributed by atoms with Gasteiger partial charge >= 0.3 is 0 Å². The quantitative estimate of drug-likeness (QED) is 0.121. The highest BCUT2D eigenvalue weighted by atomic mass is 15.0. The number of nitriles is 5. The number of fused-ring (bicyclic) bond motifs is 12. The Morgan fingerprint density at radius 2 is 0.509 bits per heavy atom. The van der Waals surface area contributed by atoms with Crippen molar-refractivity contribution in [1.82, 2.24) is 38.2 Å². The number of hydrogen-bond acceptors (Lipinski definition) is 9. The molecule has 0 saturated carbocycles. The molecule has 0 aliphatic heterocycles. The van der Waals surface area contributed by atoms with Crippen LogP contribution in [-0.4, -0.2) is 38.2 Å². The van der Waals surface area contributed by atoms with Crippen LogP contribution < -0.4 is 0 Å². The first-order valence-electron chi connectivity index (χ1n) is 35.9. The Kier molecular flexibility index (Phi) is 14.8. The van der Waals surface area contributed by atoms with Gasteiger partial charge in [0.15, 0.2) is 17.5 Å². The molecule has 0 spiro atoms. The van der Waals surface area contributed by atoms with E-state index in [0.717, 1.165) is 149 Å². The molecule has 0 N–H and O–H groups in total. The second-order valence-corrected chi connectivity index (χ2v) is 27.2. The molecule has 6 aromatic heterocycles. The lowest BCUT2D eigenvalue weighted by molar-refractivity contribution is 1.07. The van der Waals surface area contributed by atoms with Gasteiger partial charge in [-0.05, 0) is 157 Å². The average molecular weight is 1400 g/mol. The van der Waals surface area contributed by atoms with E-state index in [9.17, 15) is 26.3 Å². The van der Waals surface area contributed by atoms with E-state index < -0.39 is 0 Å². The van der Waals surface area contributed by atoms with Crippen LogP contribution in [0.25, 0.3) is 189 Å². The lowest BCUT2D eigenvalue weighted by Crippen LogP contribution is -2.08. The van der Waals surface area contributed by atoms with Crippen LogP contribution in [0.3, 0.4) is 0 Å². The Bertz CT molecular complexity index is 7360. The van der Waals surface area contributed by atoms with Crippen LogP contribution in [0.15, 0.2) is 322 Å². The van der Waals surface area contributed by atoms with E-state index in [1.807, 2.05) is 194 Å². The second kappa shape index (κ2) is 25.6. The lowest BCUT2D eigenvalue weighted by Gasteiger charge is -2.26.